The van der Waals surface area contributed by atoms with E-state index in [1.807, 2.05) is 6.07 Å². The lowest BCUT2D eigenvalue weighted by atomic mass is 10.2. The highest BCUT2D eigenvalue weighted by atomic mass is 35.5. The van der Waals surface area contributed by atoms with Gasteiger partial charge in [-0.2, -0.15) is 4.98 Å². The van der Waals surface area contributed by atoms with Gasteiger partial charge in [-0.25, -0.2) is 4.98 Å². The van der Waals surface area contributed by atoms with Crippen LogP contribution in [0.1, 0.15) is 11.8 Å². The summed E-state index contributed by atoms with van der Waals surface area (Å²) in [4.78, 5) is 11.7. The van der Waals surface area contributed by atoms with E-state index in [9.17, 15) is 5.11 Å². The molecule has 19 heavy (non-hydrogen) atoms. The van der Waals surface area contributed by atoms with Crippen molar-refractivity contribution in [1.29, 1.82) is 0 Å². The summed E-state index contributed by atoms with van der Waals surface area (Å²) in [5.41, 5.74) is 0.794. The Morgan fingerprint density at radius 2 is 2.42 bits per heavy atom. The Balaban J connectivity index is 2.12. The maximum Gasteiger partial charge on any atom is 0.224 e. The highest BCUT2D eigenvalue weighted by Gasteiger charge is 2.24. The van der Waals surface area contributed by atoms with E-state index in [4.69, 9.17) is 16.3 Å². The maximum absolute atomic E-state index is 9.26. The third-order valence-corrected chi connectivity index (χ3v) is 4.45. The second kappa shape index (κ2) is 5.20. The van der Waals surface area contributed by atoms with Crippen LogP contribution >= 0.6 is 22.9 Å². The fourth-order valence-corrected chi connectivity index (χ4v) is 3.38. The number of aliphatic hydroxyl groups excluding tert-OH is 1. The van der Waals surface area contributed by atoms with E-state index in [1.165, 1.54) is 11.3 Å². The summed E-state index contributed by atoms with van der Waals surface area (Å²) in [7, 11) is 0. The topological polar surface area (TPSA) is 58.5 Å². The molecule has 1 aliphatic heterocycles. The van der Waals surface area contributed by atoms with Gasteiger partial charge >= 0.3 is 0 Å². The van der Waals surface area contributed by atoms with Crippen LogP contribution in [0.2, 0.25) is 5.28 Å². The predicted molar refractivity (Wildman–Crippen MR) is 76.0 cm³/mol. The Kier molecular flexibility index (Phi) is 3.58. The van der Waals surface area contributed by atoms with Crippen molar-refractivity contribution in [3.63, 3.8) is 0 Å². The Labute approximate surface area is 119 Å². The standard InChI is InChI=1S/C12H14ClN3O2S/c1-7-6-18-3-2-16(7)11-10-9(14-12(13)15-11)4-8(5-17)19-10/h4,7,17H,2-3,5-6H2,1H3/t7-/m1/s1. The Bertz CT molecular complexity index is 604. The van der Waals surface area contributed by atoms with E-state index in [-0.39, 0.29) is 17.9 Å². The molecular formula is C12H14ClN3O2S. The zero-order valence-electron chi connectivity index (χ0n) is 10.5. The second-order valence-electron chi connectivity index (χ2n) is 4.52. The highest BCUT2D eigenvalue weighted by Crippen LogP contribution is 2.34. The molecule has 3 heterocycles. The summed E-state index contributed by atoms with van der Waals surface area (Å²) >= 11 is 7.52. The van der Waals surface area contributed by atoms with Crippen LogP contribution in [-0.2, 0) is 11.3 Å². The molecule has 0 saturated carbocycles. The quantitative estimate of drug-likeness (QED) is 0.860. The molecular weight excluding hydrogens is 286 g/mol. The summed E-state index contributed by atoms with van der Waals surface area (Å²) in [6, 6.07) is 2.12. The molecule has 0 aliphatic carbocycles. The number of hydrogen-bond donors (Lipinski definition) is 1. The molecule has 2 aromatic heterocycles. The first-order chi connectivity index (χ1) is 9.19. The minimum Gasteiger partial charge on any atom is -0.391 e. The summed E-state index contributed by atoms with van der Waals surface area (Å²) in [6.07, 6.45) is 0. The second-order valence-corrected chi connectivity index (χ2v) is 5.99. The van der Waals surface area contributed by atoms with Crippen molar-refractivity contribution in [2.24, 2.45) is 0 Å². The van der Waals surface area contributed by atoms with E-state index in [1.54, 1.807) is 0 Å². The minimum absolute atomic E-state index is 0.0107. The van der Waals surface area contributed by atoms with Crippen molar-refractivity contribution in [1.82, 2.24) is 9.97 Å². The number of nitrogens with zero attached hydrogens (tertiary/aromatic N) is 3. The molecule has 5 nitrogen and oxygen atoms in total. The molecule has 0 amide bonds. The van der Waals surface area contributed by atoms with Crippen molar-refractivity contribution in [2.75, 3.05) is 24.7 Å². The maximum atomic E-state index is 9.26. The molecule has 0 radical (unpaired) electrons. The highest BCUT2D eigenvalue weighted by molar-refractivity contribution is 7.19. The molecule has 1 N–H and O–H groups in total. The smallest absolute Gasteiger partial charge is 0.224 e. The zero-order valence-corrected chi connectivity index (χ0v) is 12.0. The molecule has 2 aromatic rings. The van der Waals surface area contributed by atoms with Crippen LogP contribution in [0.3, 0.4) is 0 Å². The first-order valence-electron chi connectivity index (χ1n) is 6.10. The minimum atomic E-state index is 0.0107. The molecule has 0 bridgehead atoms. The number of fused-ring (bicyclic) bond motifs is 1. The third kappa shape index (κ3) is 2.41. The zero-order chi connectivity index (χ0) is 13.4. The number of aliphatic hydroxyl groups is 1. The first kappa shape index (κ1) is 13.1. The van der Waals surface area contributed by atoms with Crippen molar-refractivity contribution in [2.45, 2.75) is 19.6 Å². The summed E-state index contributed by atoms with van der Waals surface area (Å²) in [6.45, 7) is 4.27. The molecule has 102 valence electrons. The van der Waals surface area contributed by atoms with E-state index in [2.05, 4.69) is 21.8 Å². The monoisotopic (exact) mass is 299 g/mol. The van der Waals surface area contributed by atoms with Crippen molar-refractivity contribution in [3.8, 4) is 0 Å². The van der Waals surface area contributed by atoms with Crippen molar-refractivity contribution < 1.29 is 9.84 Å². The predicted octanol–water partition coefficient (Wildman–Crippen LogP) is 2.06. The summed E-state index contributed by atoms with van der Waals surface area (Å²) in [5.74, 6) is 0.843. The van der Waals surface area contributed by atoms with E-state index >= 15 is 0 Å². The van der Waals surface area contributed by atoms with Gasteiger partial charge in [-0.1, -0.05) is 0 Å². The number of halogens is 1. The van der Waals surface area contributed by atoms with Gasteiger partial charge in [0.05, 0.1) is 36.1 Å². The molecule has 1 saturated heterocycles. The van der Waals surface area contributed by atoms with Gasteiger partial charge in [0, 0.05) is 11.4 Å². The fourth-order valence-electron chi connectivity index (χ4n) is 2.25. The molecule has 1 fully saturated rings. The molecule has 0 spiro atoms. The van der Waals surface area contributed by atoms with Gasteiger partial charge < -0.3 is 14.7 Å². The van der Waals surface area contributed by atoms with Crippen LogP contribution in [0, 0.1) is 0 Å². The van der Waals surface area contributed by atoms with Gasteiger partial charge in [0.25, 0.3) is 0 Å². The lowest BCUT2D eigenvalue weighted by Gasteiger charge is -2.34. The van der Waals surface area contributed by atoms with Gasteiger partial charge in [-0.15, -0.1) is 11.3 Å². The molecule has 3 rings (SSSR count). The fraction of sp³-hybridized carbons (Fsp3) is 0.500. The van der Waals surface area contributed by atoms with E-state index < -0.39 is 0 Å². The van der Waals surface area contributed by atoms with Crippen LogP contribution in [0.4, 0.5) is 5.82 Å². The van der Waals surface area contributed by atoms with Gasteiger partial charge in [0.1, 0.15) is 0 Å². The average molecular weight is 300 g/mol. The number of hydrogen-bond acceptors (Lipinski definition) is 6. The lowest BCUT2D eigenvalue weighted by molar-refractivity contribution is 0.0987. The van der Waals surface area contributed by atoms with Gasteiger partial charge in [-0.3, -0.25) is 0 Å². The normalized spacial score (nSPS) is 20.2. The van der Waals surface area contributed by atoms with Crippen LogP contribution in [-0.4, -0.2) is 40.9 Å². The molecule has 0 unspecified atom stereocenters. The van der Waals surface area contributed by atoms with Gasteiger partial charge in [0.15, 0.2) is 5.82 Å². The lowest BCUT2D eigenvalue weighted by Crippen LogP contribution is -2.44. The van der Waals surface area contributed by atoms with Gasteiger partial charge in [-0.05, 0) is 24.6 Å². The molecule has 1 atom stereocenters. The number of rotatable bonds is 2. The van der Waals surface area contributed by atoms with Crippen LogP contribution in [0.5, 0.6) is 0 Å². The van der Waals surface area contributed by atoms with Crippen molar-refractivity contribution in [3.05, 3.63) is 16.2 Å². The molecule has 0 aromatic carbocycles. The van der Waals surface area contributed by atoms with E-state index in [0.29, 0.717) is 13.2 Å². The Morgan fingerprint density at radius 3 is 3.16 bits per heavy atom. The van der Waals surface area contributed by atoms with E-state index in [0.717, 1.165) is 27.5 Å². The van der Waals surface area contributed by atoms with Crippen LogP contribution in [0.15, 0.2) is 6.07 Å². The van der Waals surface area contributed by atoms with Gasteiger partial charge in [0.2, 0.25) is 5.28 Å². The first-order valence-corrected chi connectivity index (χ1v) is 7.29. The summed E-state index contributed by atoms with van der Waals surface area (Å²) < 4.78 is 6.42. The van der Waals surface area contributed by atoms with Crippen LogP contribution < -0.4 is 4.90 Å². The Hall–Kier alpha value is -0.950. The third-order valence-electron chi connectivity index (χ3n) is 3.17. The van der Waals surface area contributed by atoms with Crippen molar-refractivity contribution >= 4 is 39.0 Å². The SMILES string of the molecule is C[C@@H]1COCCN1c1nc(Cl)nc2cc(CO)sc12. The molecule has 1 aliphatic rings. The number of thiophene rings is 1. The number of morpholine rings is 1. The summed E-state index contributed by atoms with van der Waals surface area (Å²) in [5, 5.41) is 9.50. The van der Waals surface area contributed by atoms with Crippen LogP contribution in [0.25, 0.3) is 10.2 Å². The average Bonchev–Trinajstić information content (AvgIpc) is 2.81. The molecule has 7 heteroatoms. The Morgan fingerprint density at radius 1 is 1.58 bits per heavy atom. The number of aromatic nitrogens is 2. The largest absolute Gasteiger partial charge is 0.391 e. The number of ether oxygens (including phenoxy) is 1. The number of anilines is 1.